The van der Waals surface area contributed by atoms with Crippen molar-refractivity contribution in [3.05, 3.63) is 164 Å². The van der Waals surface area contributed by atoms with Crippen molar-refractivity contribution in [3.8, 4) is 11.1 Å². The molecule has 0 aliphatic heterocycles. The molecule has 1 aromatic heterocycles. The lowest BCUT2D eigenvalue weighted by Gasteiger charge is -2.05. The van der Waals surface area contributed by atoms with Crippen molar-refractivity contribution in [2.75, 3.05) is 0 Å². The Kier molecular flexibility index (Phi) is 18.0. The van der Waals surface area contributed by atoms with E-state index in [9.17, 15) is 0 Å². The summed E-state index contributed by atoms with van der Waals surface area (Å²) in [7, 11) is 0. The van der Waals surface area contributed by atoms with Crippen LogP contribution in [-0.2, 0) is 0 Å². The Bertz CT molecular complexity index is 1680. The molecule has 1 heterocycles. The Hall–Kier alpha value is -4.20. The van der Waals surface area contributed by atoms with Crippen LogP contribution >= 0.6 is 11.3 Å². The first-order valence-corrected chi connectivity index (χ1v) is 20.6. The van der Waals surface area contributed by atoms with Crippen LogP contribution in [0.1, 0.15) is 150 Å². The molecule has 0 amide bonds. The average molecular weight is 723 g/mol. The number of hydrogen-bond donors (Lipinski definition) is 0. The summed E-state index contributed by atoms with van der Waals surface area (Å²) >= 11 is 1.95. The van der Waals surface area contributed by atoms with Gasteiger partial charge in [0.25, 0.3) is 0 Å². The number of thiophene rings is 1. The van der Waals surface area contributed by atoms with Gasteiger partial charge >= 0.3 is 0 Å². The zero-order chi connectivity index (χ0) is 38.9. The van der Waals surface area contributed by atoms with E-state index in [4.69, 9.17) is 0 Å². The summed E-state index contributed by atoms with van der Waals surface area (Å²) < 4.78 is 0. The lowest BCUT2D eigenvalue weighted by atomic mass is 10.0. The standard InChI is InChI=1S/C22H26.C20H24.C10H16S/c1-17(2)5-7-19-9-13-21(14-10-19)22-15-11-20(12-16-22)8-6-18(3)4;1-15(2)19-11-7-17(8-12-19)5-6-18-9-13-20(14-10-18)16(3)4;1-7(2)9-5-6-10(11-9)8(3)4/h5-18H,1-4H3;5-16H,1-4H3;5-8H,1-4H3/b7-5+,8-6+;6-5+;. The molecule has 0 spiro atoms. The molecule has 0 unspecified atom stereocenters. The van der Waals surface area contributed by atoms with Crippen molar-refractivity contribution in [2.45, 2.75) is 107 Å². The van der Waals surface area contributed by atoms with E-state index in [1.807, 2.05) is 11.3 Å². The molecule has 0 radical (unpaired) electrons. The van der Waals surface area contributed by atoms with E-state index in [0.29, 0.717) is 35.5 Å². The van der Waals surface area contributed by atoms with Gasteiger partial charge < -0.3 is 0 Å². The van der Waals surface area contributed by atoms with Gasteiger partial charge in [-0.05, 0) is 92.1 Å². The zero-order valence-corrected chi connectivity index (χ0v) is 35.5. The second-order valence-corrected chi connectivity index (χ2v) is 17.1. The first-order chi connectivity index (χ1) is 25.2. The molecule has 5 rings (SSSR count). The minimum atomic E-state index is 0.589. The van der Waals surface area contributed by atoms with E-state index in [1.54, 1.807) is 0 Å². The molecule has 0 nitrogen and oxygen atoms in total. The SMILES string of the molecule is CC(C)/C=C/c1ccc(-c2ccc(/C=C/C(C)C)cc2)cc1.CC(C)c1ccc(/C=C/c2ccc(C(C)C)cc2)cc1.CC(C)c1ccc(C(C)C)s1. The summed E-state index contributed by atoms with van der Waals surface area (Å²) in [4.78, 5) is 3.02. The van der Waals surface area contributed by atoms with Gasteiger partial charge in [0.05, 0.1) is 0 Å². The van der Waals surface area contributed by atoms with Crippen LogP contribution in [0.4, 0.5) is 0 Å². The molecule has 5 aromatic rings. The van der Waals surface area contributed by atoms with Crippen molar-refractivity contribution < 1.29 is 0 Å². The Morgan fingerprint density at radius 2 is 0.604 bits per heavy atom. The van der Waals surface area contributed by atoms with Crippen LogP contribution in [0.3, 0.4) is 0 Å². The highest BCUT2D eigenvalue weighted by molar-refractivity contribution is 7.12. The fourth-order valence-corrected chi connectivity index (χ4v) is 6.36. The van der Waals surface area contributed by atoms with Gasteiger partial charge in [0.15, 0.2) is 0 Å². The van der Waals surface area contributed by atoms with Crippen LogP contribution in [0.25, 0.3) is 35.4 Å². The molecule has 1 heteroatoms. The number of benzene rings is 4. The minimum Gasteiger partial charge on any atom is -0.145 e. The van der Waals surface area contributed by atoms with Gasteiger partial charge in [-0.2, -0.15) is 0 Å². The van der Waals surface area contributed by atoms with E-state index in [2.05, 4.69) is 229 Å². The fourth-order valence-electron chi connectivity index (χ4n) is 5.35. The molecule has 0 saturated carbocycles. The fraction of sp³-hybridized carbons (Fsp3) is 0.346. The van der Waals surface area contributed by atoms with Gasteiger partial charge in [-0.3, -0.25) is 0 Å². The van der Waals surface area contributed by atoms with E-state index in [1.165, 1.54) is 54.3 Å². The topological polar surface area (TPSA) is 0 Å². The first-order valence-electron chi connectivity index (χ1n) is 19.8. The van der Waals surface area contributed by atoms with Gasteiger partial charge in [0, 0.05) is 9.75 Å². The Morgan fingerprint density at radius 1 is 0.321 bits per heavy atom. The van der Waals surface area contributed by atoms with Gasteiger partial charge in [-0.1, -0.05) is 217 Å². The summed E-state index contributed by atoms with van der Waals surface area (Å²) in [6.45, 7) is 26.7. The van der Waals surface area contributed by atoms with Crippen LogP contribution in [0, 0.1) is 11.8 Å². The van der Waals surface area contributed by atoms with E-state index >= 15 is 0 Å². The van der Waals surface area contributed by atoms with E-state index < -0.39 is 0 Å². The molecule has 0 atom stereocenters. The van der Waals surface area contributed by atoms with Crippen molar-refractivity contribution in [1.82, 2.24) is 0 Å². The van der Waals surface area contributed by atoms with E-state index in [0.717, 1.165) is 0 Å². The van der Waals surface area contributed by atoms with Crippen LogP contribution in [0.15, 0.2) is 121 Å². The molecular weight excluding hydrogens is 657 g/mol. The second-order valence-electron chi connectivity index (χ2n) is 16.0. The smallest absolute Gasteiger partial charge is 0.00737 e. The Labute approximate surface area is 328 Å². The van der Waals surface area contributed by atoms with Gasteiger partial charge in [0.1, 0.15) is 0 Å². The monoisotopic (exact) mass is 722 g/mol. The lowest BCUT2D eigenvalue weighted by Crippen LogP contribution is -1.86. The number of rotatable bonds is 11. The highest BCUT2D eigenvalue weighted by Gasteiger charge is 2.06. The molecule has 4 aromatic carbocycles. The molecule has 0 N–H and O–H groups in total. The Balaban J connectivity index is 0.000000226. The predicted molar refractivity (Wildman–Crippen MR) is 242 cm³/mol. The molecule has 0 fully saturated rings. The summed E-state index contributed by atoms with van der Waals surface area (Å²) in [6.07, 6.45) is 13.2. The maximum absolute atomic E-state index is 2.25. The first kappa shape index (κ1) is 43.2. The minimum absolute atomic E-state index is 0.589. The highest BCUT2D eigenvalue weighted by atomic mass is 32.1. The summed E-state index contributed by atoms with van der Waals surface area (Å²) in [5.41, 5.74) is 10.3. The van der Waals surface area contributed by atoms with Crippen LogP contribution in [0.5, 0.6) is 0 Å². The molecule has 0 aliphatic carbocycles. The molecule has 0 aliphatic rings. The second kappa shape index (κ2) is 22.1. The van der Waals surface area contributed by atoms with Crippen LogP contribution in [0.2, 0.25) is 0 Å². The van der Waals surface area contributed by atoms with Crippen LogP contribution in [-0.4, -0.2) is 0 Å². The van der Waals surface area contributed by atoms with Crippen molar-refractivity contribution in [3.63, 3.8) is 0 Å². The largest absolute Gasteiger partial charge is 0.145 e. The summed E-state index contributed by atoms with van der Waals surface area (Å²) in [5.74, 6) is 3.74. The number of hydrogen-bond acceptors (Lipinski definition) is 1. The molecule has 53 heavy (non-hydrogen) atoms. The van der Waals surface area contributed by atoms with Crippen molar-refractivity contribution >= 4 is 35.6 Å². The van der Waals surface area contributed by atoms with E-state index in [-0.39, 0.29) is 0 Å². The van der Waals surface area contributed by atoms with Crippen molar-refractivity contribution in [2.24, 2.45) is 11.8 Å². The third-order valence-corrected chi connectivity index (χ3v) is 10.6. The zero-order valence-electron chi connectivity index (χ0n) is 34.7. The van der Waals surface area contributed by atoms with Gasteiger partial charge in [0.2, 0.25) is 0 Å². The van der Waals surface area contributed by atoms with Gasteiger partial charge in [-0.15, -0.1) is 11.3 Å². The molecule has 0 bridgehead atoms. The predicted octanol–water partition coefficient (Wildman–Crippen LogP) is 16.8. The maximum Gasteiger partial charge on any atom is 0.00737 e. The summed E-state index contributed by atoms with van der Waals surface area (Å²) in [6, 6.07) is 39.6. The van der Waals surface area contributed by atoms with Crippen molar-refractivity contribution in [1.29, 1.82) is 0 Å². The van der Waals surface area contributed by atoms with Gasteiger partial charge in [-0.25, -0.2) is 0 Å². The maximum atomic E-state index is 2.25. The molecular formula is C52H66S. The third kappa shape index (κ3) is 15.7. The highest BCUT2D eigenvalue weighted by Crippen LogP contribution is 2.29. The third-order valence-electron chi connectivity index (χ3n) is 8.96. The molecule has 0 saturated heterocycles. The quantitative estimate of drug-likeness (QED) is 0.119. The Morgan fingerprint density at radius 3 is 0.849 bits per heavy atom. The molecule has 280 valence electrons. The number of allylic oxidation sites excluding steroid dienone is 2. The average Bonchev–Trinajstić information content (AvgIpc) is 3.65. The van der Waals surface area contributed by atoms with Crippen LogP contribution < -0.4 is 0 Å². The normalized spacial score (nSPS) is 11.8. The lowest BCUT2D eigenvalue weighted by molar-refractivity contribution is 0.836. The summed E-state index contributed by atoms with van der Waals surface area (Å²) in [5, 5.41) is 0.